The number of hydrogen-bond donors (Lipinski definition) is 1. The fourth-order valence-electron chi connectivity index (χ4n) is 1.27. The quantitative estimate of drug-likeness (QED) is 0.607. The molecule has 0 bridgehead atoms. The monoisotopic (exact) mass is 182 g/mol. The van der Waals surface area contributed by atoms with Gasteiger partial charge in [-0.15, -0.1) is 0 Å². The molecule has 1 aliphatic heterocycles. The summed E-state index contributed by atoms with van der Waals surface area (Å²) in [6, 6.07) is 0. The van der Waals surface area contributed by atoms with Crippen LogP contribution in [0.1, 0.15) is 13.3 Å². The Bertz CT molecular complexity index is 236. The van der Waals surface area contributed by atoms with Crippen LogP contribution in [0.3, 0.4) is 0 Å². The molecule has 2 amide bonds. The molecule has 0 fully saturated rings. The van der Waals surface area contributed by atoms with Gasteiger partial charge in [0.15, 0.2) is 0 Å². The molecule has 1 rings (SSSR count). The van der Waals surface area contributed by atoms with E-state index in [1.54, 1.807) is 0 Å². The van der Waals surface area contributed by atoms with Gasteiger partial charge in [-0.25, -0.2) is 0 Å². The number of carbonyl (C=O) groups excluding carboxylic acids is 2. The van der Waals surface area contributed by atoms with E-state index in [9.17, 15) is 9.59 Å². The Morgan fingerprint density at radius 2 is 2.23 bits per heavy atom. The molecule has 0 spiro atoms. The van der Waals surface area contributed by atoms with Crippen LogP contribution in [0.2, 0.25) is 0 Å². The fraction of sp³-hybridized carbons (Fsp3) is 0.556. The van der Waals surface area contributed by atoms with Gasteiger partial charge in [0.05, 0.1) is 6.54 Å². The van der Waals surface area contributed by atoms with Crippen LogP contribution in [0, 0.1) is 0 Å². The Morgan fingerprint density at radius 1 is 1.46 bits per heavy atom. The molecule has 0 unspecified atom stereocenters. The molecule has 1 aliphatic rings. The number of amides is 2. The Morgan fingerprint density at radius 3 is 2.77 bits per heavy atom. The van der Waals surface area contributed by atoms with Crippen LogP contribution in [-0.2, 0) is 9.59 Å². The maximum absolute atomic E-state index is 11.1. The second-order valence-corrected chi connectivity index (χ2v) is 3.10. The van der Waals surface area contributed by atoms with Gasteiger partial charge in [-0.05, 0) is 6.42 Å². The molecule has 0 aromatic heterocycles. The summed E-state index contributed by atoms with van der Waals surface area (Å²) >= 11 is 0. The highest BCUT2D eigenvalue weighted by Crippen LogP contribution is 1.99. The van der Waals surface area contributed by atoms with Crippen molar-refractivity contribution in [1.29, 1.82) is 0 Å². The lowest BCUT2D eigenvalue weighted by Gasteiger charge is -2.21. The third-order valence-corrected chi connectivity index (χ3v) is 1.82. The van der Waals surface area contributed by atoms with E-state index in [-0.39, 0.29) is 11.8 Å². The highest BCUT2D eigenvalue weighted by Gasteiger charge is 2.11. The second kappa shape index (κ2) is 4.77. The Labute approximate surface area is 77.6 Å². The molecule has 13 heavy (non-hydrogen) atoms. The van der Waals surface area contributed by atoms with Gasteiger partial charge in [-0.3, -0.25) is 19.8 Å². The Balaban J connectivity index is 2.27. The van der Waals surface area contributed by atoms with Gasteiger partial charge < -0.3 is 0 Å². The van der Waals surface area contributed by atoms with Gasteiger partial charge in [-0.1, -0.05) is 12.2 Å². The van der Waals surface area contributed by atoms with Crippen LogP contribution in [0.5, 0.6) is 0 Å². The largest absolute Gasteiger partial charge is 0.296 e. The molecule has 4 nitrogen and oxygen atoms in total. The van der Waals surface area contributed by atoms with Crippen molar-refractivity contribution in [3.8, 4) is 0 Å². The van der Waals surface area contributed by atoms with E-state index >= 15 is 0 Å². The average Bonchev–Trinajstić information content (AvgIpc) is 2.04. The predicted molar refractivity (Wildman–Crippen MR) is 49.0 cm³/mol. The topological polar surface area (TPSA) is 49.4 Å². The highest BCUT2D eigenvalue weighted by molar-refractivity contribution is 5.94. The smallest absolute Gasteiger partial charge is 0.240 e. The molecular weight excluding hydrogens is 168 g/mol. The number of hydrogen-bond acceptors (Lipinski definition) is 3. The standard InChI is InChI=1S/C9H14N2O2/c1-8(12)10-9(13)7-11-5-3-2-4-6-11/h2-3H,4-7H2,1H3,(H,10,12,13). The van der Waals surface area contributed by atoms with E-state index in [0.29, 0.717) is 6.54 Å². The van der Waals surface area contributed by atoms with Gasteiger partial charge >= 0.3 is 0 Å². The van der Waals surface area contributed by atoms with Gasteiger partial charge in [0, 0.05) is 20.0 Å². The highest BCUT2D eigenvalue weighted by atomic mass is 16.2. The van der Waals surface area contributed by atoms with Crippen LogP contribution in [0.25, 0.3) is 0 Å². The third kappa shape index (κ3) is 3.85. The minimum Gasteiger partial charge on any atom is -0.296 e. The second-order valence-electron chi connectivity index (χ2n) is 3.10. The summed E-state index contributed by atoms with van der Waals surface area (Å²) in [6.45, 7) is 3.34. The number of nitrogens with zero attached hydrogens (tertiary/aromatic N) is 1. The van der Waals surface area contributed by atoms with Gasteiger partial charge in [0.1, 0.15) is 0 Å². The summed E-state index contributed by atoms with van der Waals surface area (Å²) in [5.74, 6) is -0.514. The lowest BCUT2D eigenvalue weighted by molar-refractivity contribution is -0.129. The summed E-state index contributed by atoms with van der Waals surface area (Å²) in [6.07, 6.45) is 5.11. The molecule has 0 aromatic rings. The SMILES string of the molecule is CC(=O)NC(=O)CN1CC=CCC1. The first-order chi connectivity index (χ1) is 6.18. The number of nitrogens with one attached hydrogen (secondary N) is 1. The predicted octanol–water partition coefficient (Wildman–Crippen LogP) is -0.0890. The molecule has 1 heterocycles. The van der Waals surface area contributed by atoms with Gasteiger partial charge in [0.25, 0.3) is 0 Å². The number of rotatable bonds is 2. The van der Waals surface area contributed by atoms with E-state index in [2.05, 4.69) is 11.4 Å². The zero-order valence-electron chi connectivity index (χ0n) is 7.75. The van der Waals surface area contributed by atoms with Crippen LogP contribution >= 0.6 is 0 Å². The first kappa shape index (κ1) is 9.92. The van der Waals surface area contributed by atoms with Crippen molar-refractivity contribution < 1.29 is 9.59 Å². The van der Waals surface area contributed by atoms with Crippen molar-refractivity contribution in [2.24, 2.45) is 0 Å². The van der Waals surface area contributed by atoms with Crippen molar-refractivity contribution in [2.75, 3.05) is 19.6 Å². The molecule has 0 atom stereocenters. The molecule has 0 radical (unpaired) electrons. The first-order valence-electron chi connectivity index (χ1n) is 4.36. The molecular formula is C9H14N2O2. The lowest BCUT2D eigenvalue weighted by atomic mass is 10.2. The van der Waals surface area contributed by atoms with Crippen molar-refractivity contribution in [2.45, 2.75) is 13.3 Å². The number of imide groups is 1. The van der Waals surface area contributed by atoms with E-state index in [4.69, 9.17) is 0 Å². The Kier molecular flexibility index (Phi) is 3.64. The molecule has 4 heteroatoms. The lowest BCUT2D eigenvalue weighted by Crippen LogP contribution is -2.40. The minimum absolute atomic E-state index is 0.220. The maximum atomic E-state index is 11.1. The van der Waals surface area contributed by atoms with Crippen molar-refractivity contribution in [3.63, 3.8) is 0 Å². The van der Waals surface area contributed by atoms with Crippen molar-refractivity contribution in [1.82, 2.24) is 10.2 Å². The third-order valence-electron chi connectivity index (χ3n) is 1.82. The molecule has 0 saturated heterocycles. The van der Waals surface area contributed by atoms with Crippen molar-refractivity contribution in [3.05, 3.63) is 12.2 Å². The zero-order valence-corrected chi connectivity index (χ0v) is 7.75. The van der Waals surface area contributed by atoms with Crippen LogP contribution in [0.15, 0.2) is 12.2 Å². The van der Waals surface area contributed by atoms with E-state index in [0.717, 1.165) is 19.5 Å². The average molecular weight is 182 g/mol. The van der Waals surface area contributed by atoms with Crippen molar-refractivity contribution >= 4 is 11.8 Å². The summed E-state index contributed by atoms with van der Waals surface area (Å²) in [5, 5.41) is 2.25. The van der Waals surface area contributed by atoms with E-state index in [1.807, 2.05) is 11.0 Å². The summed E-state index contributed by atoms with van der Waals surface area (Å²) in [5.41, 5.74) is 0. The summed E-state index contributed by atoms with van der Waals surface area (Å²) in [4.78, 5) is 23.7. The van der Waals surface area contributed by atoms with Crippen LogP contribution in [0.4, 0.5) is 0 Å². The maximum Gasteiger partial charge on any atom is 0.240 e. The van der Waals surface area contributed by atoms with Gasteiger partial charge in [-0.2, -0.15) is 0 Å². The molecule has 0 saturated carbocycles. The van der Waals surface area contributed by atoms with E-state index in [1.165, 1.54) is 6.92 Å². The minimum atomic E-state index is -0.294. The summed E-state index contributed by atoms with van der Waals surface area (Å²) in [7, 11) is 0. The Hall–Kier alpha value is -1.16. The number of carbonyl (C=O) groups is 2. The zero-order chi connectivity index (χ0) is 9.68. The normalized spacial score (nSPS) is 17.0. The molecule has 1 N–H and O–H groups in total. The molecule has 72 valence electrons. The van der Waals surface area contributed by atoms with Crippen LogP contribution in [-0.4, -0.2) is 36.3 Å². The summed E-state index contributed by atoms with van der Waals surface area (Å²) < 4.78 is 0. The fourth-order valence-corrected chi connectivity index (χ4v) is 1.27. The van der Waals surface area contributed by atoms with Crippen LogP contribution < -0.4 is 5.32 Å². The molecule has 0 aliphatic carbocycles. The first-order valence-corrected chi connectivity index (χ1v) is 4.36. The van der Waals surface area contributed by atoms with Gasteiger partial charge in [0.2, 0.25) is 11.8 Å². The van der Waals surface area contributed by atoms with E-state index < -0.39 is 0 Å². The molecule has 0 aromatic carbocycles.